The van der Waals surface area contributed by atoms with Crippen molar-refractivity contribution < 1.29 is 29.0 Å². The second-order valence-electron chi connectivity index (χ2n) is 4.16. The van der Waals surface area contributed by atoms with E-state index in [9.17, 15) is 19.5 Å². The average molecular weight is 294 g/mol. The molecule has 21 heavy (non-hydrogen) atoms. The molecule has 6 nitrogen and oxygen atoms in total. The number of rotatable bonds is 7. The Morgan fingerprint density at radius 2 is 1.52 bits per heavy atom. The molecule has 0 spiro atoms. The highest BCUT2D eigenvalue weighted by Gasteiger charge is 2.40. The first-order valence-corrected chi connectivity index (χ1v) is 6.63. The summed E-state index contributed by atoms with van der Waals surface area (Å²) in [5.41, 5.74) is 0.207. The Kier molecular flexibility index (Phi) is 6.55. The van der Waals surface area contributed by atoms with Gasteiger partial charge in [-0.2, -0.15) is 0 Å². The lowest BCUT2D eigenvalue weighted by Crippen LogP contribution is -2.42. The zero-order chi connectivity index (χ0) is 15.8. The van der Waals surface area contributed by atoms with E-state index in [2.05, 4.69) is 4.74 Å². The molecule has 2 atom stereocenters. The number of hydrogen-bond donors (Lipinski definition) is 1. The number of aliphatic hydroxyl groups is 1. The van der Waals surface area contributed by atoms with Crippen LogP contribution in [0.2, 0.25) is 0 Å². The van der Waals surface area contributed by atoms with Crippen molar-refractivity contribution in [3.8, 4) is 0 Å². The van der Waals surface area contributed by atoms with Gasteiger partial charge in [0.05, 0.1) is 13.2 Å². The number of aliphatic hydroxyl groups excluding tert-OH is 1. The second kappa shape index (κ2) is 8.16. The summed E-state index contributed by atoms with van der Waals surface area (Å²) in [6.07, 6.45) is -1.89. The van der Waals surface area contributed by atoms with Gasteiger partial charge in [-0.05, 0) is 13.8 Å². The molecule has 0 bridgehead atoms. The van der Waals surface area contributed by atoms with Gasteiger partial charge in [0.15, 0.2) is 17.8 Å². The van der Waals surface area contributed by atoms with Crippen LogP contribution in [0.1, 0.15) is 24.2 Å². The van der Waals surface area contributed by atoms with Crippen LogP contribution >= 0.6 is 0 Å². The SMILES string of the molecule is CCOC(=O)C(O)C(C(=O)OCC)C(=O)c1ccccc1. The number of hydrogen-bond acceptors (Lipinski definition) is 6. The van der Waals surface area contributed by atoms with Crippen LogP contribution in [0.15, 0.2) is 30.3 Å². The molecule has 0 heterocycles. The molecule has 1 aromatic rings. The van der Waals surface area contributed by atoms with Gasteiger partial charge in [-0.1, -0.05) is 30.3 Å². The minimum absolute atomic E-state index is 0.0327. The summed E-state index contributed by atoms with van der Waals surface area (Å²) < 4.78 is 9.42. The molecule has 0 saturated heterocycles. The summed E-state index contributed by atoms with van der Waals surface area (Å²) >= 11 is 0. The molecular weight excluding hydrogens is 276 g/mol. The lowest BCUT2D eigenvalue weighted by molar-refractivity contribution is -0.163. The molecular formula is C15H18O6. The molecule has 0 saturated carbocycles. The predicted molar refractivity (Wildman–Crippen MR) is 73.5 cm³/mol. The molecule has 1 aromatic carbocycles. The summed E-state index contributed by atoms with van der Waals surface area (Å²) in [6.45, 7) is 3.19. The summed E-state index contributed by atoms with van der Waals surface area (Å²) in [4.78, 5) is 35.8. The zero-order valence-electron chi connectivity index (χ0n) is 11.9. The first kappa shape index (κ1) is 16.8. The monoisotopic (exact) mass is 294 g/mol. The number of carbonyl (C=O) groups is 3. The first-order chi connectivity index (χ1) is 10.0. The molecule has 0 aromatic heterocycles. The summed E-state index contributed by atoms with van der Waals surface area (Å²) in [7, 11) is 0. The number of benzene rings is 1. The van der Waals surface area contributed by atoms with Crippen LogP contribution in [-0.2, 0) is 19.1 Å². The number of esters is 2. The highest BCUT2D eigenvalue weighted by atomic mass is 16.6. The maximum Gasteiger partial charge on any atom is 0.336 e. The van der Waals surface area contributed by atoms with Crippen molar-refractivity contribution >= 4 is 17.7 Å². The Labute approximate surface area is 122 Å². The van der Waals surface area contributed by atoms with Gasteiger partial charge >= 0.3 is 11.9 Å². The van der Waals surface area contributed by atoms with Crippen LogP contribution in [0.25, 0.3) is 0 Å². The number of ketones is 1. The van der Waals surface area contributed by atoms with Crippen molar-refractivity contribution in [2.75, 3.05) is 13.2 Å². The maximum absolute atomic E-state index is 12.3. The molecule has 1 N–H and O–H groups in total. The Bertz CT molecular complexity index is 496. The minimum atomic E-state index is -1.89. The molecule has 114 valence electrons. The first-order valence-electron chi connectivity index (χ1n) is 6.63. The van der Waals surface area contributed by atoms with E-state index >= 15 is 0 Å². The minimum Gasteiger partial charge on any atom is -0.465 e. The molecule has 6 heteroatoms. The lowest BCUT2D eigenvalue weighted by atomic mass is 9.92. The molecule has 2 unspecified atom stereocenters. The lowest BCUT2D eigenvalue weighted by Gasteiger charge is -2.19. The van der Waals surface area contributed by atoms with Gasteiger partial charge in [0.2, 0.25) is 0 Å². The third-order valence-corrected chi connectivity index (χ3v) is 2.73. The molecule has 0 aliphatic heterocycles. The Hall–Kier alpha value is -2.21. The fraction of sp³-hybridized carbons (Fsp3) is 0.400. The van der Waals surface area contributed by atoms with Crippen molar-refractivity contribution in [2.24, 2.45) is 5.92 Å². The molecule has 0 aliphatic rings. The van der Waals surface area contributed by atoms with Gasteiger partial charge in [0.25, 0.3) is 0 Å². The van der Waals surface area contributed by atoms with E-state index < -0.39 is 29.7 Å². The number of ether oxygens (including phenoxy) is 2. The largest absolute Gasteiger partial charge is 0.465 e. The molecule has 0 amide bonds. The van der Waals surface area contributed by atoms with Crippen LogP contribution in [0.5, 0.6) is 0 Å². The number of Topliss-reactive ketones (excluding diaryl/α,β-unsaturated/α-hetero) is 1. The van der Waals surface area contributed by atoms with Gasteiger partial charge in [-0.15, -0.1) is 0 Å². The normalized spacial score (nSPS) is 13.1. The van der Waals surface area contributed by atoms with Crippen molar-refractivity contribution in [2.45, 2.75) is 20.0 Å². The van der Waals surface area contributed by atoms with E-state index in [1.807, 2.05) is 0 Å². The third kappa shape index (κ3) is 4.39. The van der Waals surface area contributed by atoms with E-state index in [-0.39, 0.29) is 18.8 Å². The van der Waals surface area contributed by atoms with E-state index in [0.29, 0.717) is 0 Å². The summed E-state index contributed by atoms with van der Waals surface area (Å²) in [6, 6.07) is 7.93. The third-order valence-electron chi connectivity index (χ3n) is 2.73. The van der Waals surface area contributed by atoms with Crippen LogP contribution in [0.3, 0.4) is 0 Å². The van der Waals surface area contributed by atoms with Gasteiger partial charge < -0.3 is 14.6 Å². The fourth-order valence-corrected chi connectivity index (χ4v) is 1.76. The molecule has 0 fully saturated rings. The van der Waals surface area contributed by atoms with E-state index in [1.165, 1.54) is 12.1 Å². The smallest absolute Gasteiger partial charge is 0.336 e. The Morgan fingerprint density at radius 3 is 2.05 bits per heavy atom. The van der Waals surface area contributed by atoms with E-state index in [4.69, 9.17) is 4.74 Å². The number of carbonyl (C=O) groups excluding carboxylic acids is 3. The molecule has 1 rings (SSSR count). The van der Waals surface area contributed by atoms with Crippen molar-refractivity contribution in [1.29, 1.82) is 0 Å². The van der Waals surface area contributed by atoms with E-state index in [0.717, 1.165) is 0 Å². The van der Waals surface area contributed by atoms with Crippen LogP contribution in [-0.4, -0.2) is 42.1 Å². The van der Waals surface area contributed by atoms with Gasteiger partial charge in [0, 0.05) is 5.56 Å². The molecule has 0 radical (unpaired) electrons. The van der Waals surface area contributed by atoms with Gasteiger partial charge in [-0.3, -0.25) is 9.59 Å². The van der Waals surface area contributed by atoms with Crippen molar-refractivity contribution in [3.05, 3.63) is 35.9 Å². The average Bonchev–Trinajstić information content (AvgIpc) is 2.48. The Balaban J connectivity index is 3.05. The van der Waals surface area contributed by atoms with Crippen molar-refractivity contribution in [3.63, 3.8) is 0 Å². The fourth-order valence-electron chi connectivity index (χ4n) is 1.76. The highest BCUT2D eigenvalue weighted by Crippen LogP contribution is 2.16. The molecule has 0 aliphatic carbocycles. The maximum atomic E-state index is 12.3. The highest BCUT2D eigenvalue weighted by molar-refractivity contribution is 6.11. The topological polar surface area (TPSA) is 89.9 Å². The Morgan fingerprint density at radius 1 is 1.00 bits per heavy atom. The quantitative estimate of drug-likeness (QED) is 0.458. The van der Waals surface area contributed by atoms with Crippen LogP contribution in [0, 0.1) is 5.92 Å². The zero-order valence-corrected chi connectivity index (χ0v) is 11.9. The summed E-state index contributed by atoms with van der Waals surface area (Å²) in [5.74, 6) is -4.30. The van der Waals surface area contributed by atoms with E-state index in [1.54, 1.807) is 32.0 Å². The van der Waals surface area contributed by atoms with Gasteiger partial charge in [0.1, 0.15) is 0 Å². The van der Waals surface area contributed by atoms with Crippen LogP contribution < -0.4 is 0 Å². The van der Waals surface area contributed by atoms with Crippen LogP contribution in [0.4, 0.5) is 0 Å². The second-order valence-corrected chi connectivity index (χ2v) is 4.16. The standard InChI is InChI=1S/C15H18O6/c1-3-20-14(18)11(13(17)15(19)21-4-2)12(16)10-8-6-5-7-9-10/h5-9,11,13,17H,3-4H2,1-2H3. The summed E-state index contributed by atoms with van der Waals surface area (Å²) in [5, 5.41) is 9.94. The van der Waals surface area contributed by atoms with Gasteiger partial charge in [-0.25, -0.2) is 4.79 Å². The predicted octanol–water partition coefficient (Wildman–Crippen LogP) is 0.973. The van der Waals surface area contributed by atoms with Crippen molar-refractivity contribution in [1.82, 2.24) is 0 Å².